The first-order valence-electron chi connectivity index (χ1n) is 7.76. The number of nitrogens with one attached hydrogen (secondary N) is 2. The fraction of sp³-hybridized carbons (Fsp3) is 0.235. The number of carbonyl (C=O) groups is 1. The summed E-state index contributed by atoms with van der Waals surface area (Å²) in [6.07, 6.45) is 2.48. The monoisotopic (exact) mass is 324 g/mol. The molecule has 0 spiro atoms. The second-order valence-corrected chi connectivity index (χ2v) is 6.05. The van der Waals surface area contributed by atoms with E-state index in [0.29, 0.717) is 22.7 Å². The zero-order valence-corrected chi connectivity index (χ0v) is 12.8. The number of anilines is 2. The molecule has 7 nitrogen and oxygen atoms in total. The van der Waals surface area contributed by atoms with Crippen molar-refractivity contribution < 1.29 is 9.21 Å². The normalized spacial score (nSPS) is 14.0. The summed E-state index contributed by atoms with van der Waals surface area (Å²) in [5, 5.41) is 10.2. The van der Waals surface area contributed by atoms with Crippen LogP contribution in [0, 0.1) is 0 Å². The van der Waals surface area contributed by atoms with Crippen LogP contribution in [0.2, 0.25) is 0 Å². The van der Waals surface area contributed by atoms with E-state index in [4.69, 9.17) is 10.2 Å². The molecule has 1 aromatic carbocycles. The van der Waals surface area contributed by atoms with Crippen LogP contribution in [-0.4, -0.2) is 16.1 Å². The molecule has 4 rings (SSSR count). The highest BCUT2D eigenvalue weighted by Crippen LogP contribution is 2.39. The van der Waals surface area contributed by atoms with Crippen molar-refractivity contribution in [1.82, 2.24) is 10.2 Å². The van der Waals surface area contributed by atoms with Gasteiger partial charge in [-0.2, -0.15) is 5.10 Å². The van der Waals surface area contributed by atoms with Gasteiger partial charge in [0.15, 0.2) is 17.1 Å². The smallest absolute Gasteiger partial charge is 0.229 e. The summed E-state index contributed by atoms with van der Waals surface area (Å²) >= 11 is 0. The lowest BCUT2D eigenvalue weighted by molar-refractivity contribution is -0.115. The number of aromatic nitrogens is 2. The Morgan fingerprint density at radius 2 is 2.17 bits per heavy atom. The maximum Gasteiger partial charge on any atom is 0.229 e. The maximum absolute atomic E-state index is 12.2. The van der Waals surface area contributed by atoms with Crippen molar-refractivity contribution in [3.8, 4) is 0 Å². The molecule has 2 heterocycles. The number of nitrogens with two attached hydrogens (primary N) is 1. The van der Waals surface area contributed by atoms with Gasteiger partial charge in [-0.3, -0.25) is 14.7 Å². The Morgan fingerprint density at radius 3 is 2.96 bits per heavy atom. The molecular formula is C17H16N4O3. The number of hydrogen-bond donors (Lipinski definition) is 3. The molecule has 4 N–H and O–H groups in total. The Kier molecular flexibility index (Phi) is 3.34. The van der Waals surface area contributed by atoms with Crippen molar-refractivity contribution in [2.75, 3.05) is 11.1 Å². The standard InChI is InChI=1S/C17H16N4O3/c18-15-8-13(22)11-5-9(1-4-14(11)24-15)6-17(23)19-16-7-12(20-21-16)10-2-3-10/h1,4-5,7-8,10H,2-3,6,18H2,(H2,19,20,21,23). The molecule has 1 saturated carbocycles. The number of carbonyl (C=O) groups excluding carboxylic acids is 1. The zero-order valence-electron chi connectivity index (χ0n) is 12.8. The van der Waals surface area contributed by atoms with E-state index >= 15 is 0 Å². The fourth-order valence-corrected chi connectivity index (χ4v) is 2.71. The highest BCUT2D eigenvalue weighted by Gasteiger charge is 2.25. The van der Waals surface area contributed by atoms with E-state index in [-0.39, 0.29) is 23.6 Å². The van der Waals surface area contributed by atoms with E-state index in [0.717, 1.165) is 11.3 Å². The first-order valence-corrected chi connectivity index (χ1v) is 7.76. The number of H-pyrrole nitrogens is 1. The van der Waals surface area contributed by atoms with Crippen LogP contribution in [0.15, 0.2) is 39.5 Å². The minimum atomic E-state index is -0.225. The summed E-state index contributed by atoms with van der Waals surface area (Å²) < 4.78 is 5.29. The molecule has 0 atom stereocenters. The molecular weight excluding hydrogens is 308 g/mol. The van der Waals surface area contributed by atoms with Gasteiger partial charge in [-0.25, -0.2) is 0 Å². The van der Waals surface area contributed by atoms with Crippen molar-refractivity contribution in [2.45, 2.75) is 25.2 Å². The van der Waals surface area contributed by atoms with Gasteiger partial charge in [0, 0.05) is 23.7 Å². The molecule has 122 valence electrons. The quantitative estimate of drug-likeness (QED) is 0.680. The Hall–Kier alpha value is -3.09. The number of nitrogen functional groups attached to an aromatic ring is 1. The summed E-state index contributed by atoms with van der Waals surface area (Å²) in [6.45, 7) is 0. The molecule has 3 aromatic rings. The second-order valence-electron chi connectivity index (χ2n) is 6.05. The van der Waals surface area contributed by atoms with Crippen LogP contribution in [0.3, 0.4) is 0 Å². The van der Waals surface area contributed by atoms with Crippen LogP contribution in [0.4, 0.5) is 11.7 Å². The number of nitrogens with zero attached hydrogens (tertiary/aromatic N) is 1. The van der Waals surface area contributed by atoms with Crippen LogP contribution < -0.4 is 16.5 Å². The van der Waals surface area contributed by atoms with Crippen LogP contribution in [0.5, 0.6) is 0 Å². The summed E-state index contributed by atoms with van der Waals surface area (Å²) in [5.41, 5.74) is 7.48. The van der Waals surface area contributed by atoms with Crippen molar-refractivity contribution in [1.29, 1.82) is 0 Å². The molecule has 0 saturated heterocycles. The molecule has 1 amide bonds. The number of rotatable bonds is 4. The lowest BCUT2D eigenvalue weighted by atomic mass is 10.1. The largest absolute Gasteiger partial charge is 0.441 e. The van der Waals surface area contributed by atoms with E-state index in [1.54, 1.807) is 18.2 Å². The first kappa shape index (κ1) is 14.5. The highest BCUT2D eigenvalue weighted by molar-refractivity contribution is 5.92. The minimum absolute atomic E-state index is 0.0722. The Labute approximate surface area is 136 Å². The van der Waals surface area contributed by atoms with E-state index in [2.05, 4.69) is 15.5 Å². The molecule has 24 heavy (non-hydrogen) atoms. The van der Waals surface area contributed by atoms with Crippen LogP contribution in [-0.2, 0) is 11.2 Å². The number of benzene rings is 1. The second kappa shape index (κ2) is 5.52. The third-order valence-electron chi connectivity index (χ3n) is 4.06. The highest BCUT2D eigenvalue weighted by atomic mass is 16.3. The average molecular weight is 324 g/mol. The van der Waals surface area contributed by atoms with E-state index < -0.39 is 0 Å². The van der Waals surface area contributed by atoms with E-state index in [1.165, 1.54) is 18.9 Å². The molecule has 0 radical (unpaired) electrons. The van der Waals surface area contributed by atoms with Crippen molar-refractivity contribution in [2.24, 2.45) is 0 Å². The van der Waals surface area contributed by atoms with Crippen molar-refractivity contribution >= 4 is 28.6 Å². The molecule has 7 heteroatoms. The summed E-state index contributed by atoms with van der Waals surface area (Å²) in [4.78, 5) is 24.1. The van der Waals surface area contributed by atoms with Gasteiger partial charge in [0.25, 0.3) is 0 Å². The predicted molar refractivity (Wildman–Crippen MR) is 89.8 cm³/mol. The topological polar surface area (TPSA) is 114 Å². The third-order valence-corrected chi connectivity index (χ3v) is 4.06. The molecule has 2 aromatic heterocycles. The zero-order chi connectivity index (χ0) is 16.7. The van der Waals surface area contributed by atoms with E-state index in [1.807, 2.05) is 6.07 Å². The molecule has 1 aliphatic rings. The van der Waals surface area contributed by atoms with Crippen molar-refractivity contribution in [3.63, 3.8) is 0 Å². The minimum Gasteiger partial charge on any atom is -0.441 e. The van der Waals surface area contributed by atoms with Gasteiger partial charge in [0.1, 0.15) is 5.58 Å². The maximum atomic E-state index is 12.2. The number of amides is 1. The SMILES string of the molecule is Nc1cc(=O)c2cc(CC(=O)Nc3cc(C4CC4)[nH]n3)ccc2o1. The number of hydrogen-bond acceptors (Lipinski definition) is 5. The first-order chi connectivity index (χ1) is 11.6. The lowest BCUT2D eigenvalue weighted by Gasteiger charge is -2.04. The molecule has 0 bridgehead atoms. The molecule has 0 aliphatic heterocycles. The van der Waals surface area contributed by atoms with Gasteiger partial charge in [0.2, 0.25) is 5.91 Å². The van der Waals surface area contributed by atoms with Gasteiger partial charge in [-0.1, -0.05) is 6.07 Å². The predicted octanol–water partition coefficient (Wildman–Crippen LogP) is 2.16. The summed E-state index contributed by atoms with van der Waals surface area (Å²) in [5.74, 6) is 0.955. The summed E-state index contributed by atoms with van der Waals surface area (Å²) in [6, 6.07) is 8.14. The molecule has 1 fully saturated rings. The fourth-order valence-electron chi connectivity index (χ4n) is 2.71. The number of fused-ring (bicyclic) bond motifs is 1. The van der Waals surface area contributed by atoms with Gasteiger partial charge < -0.3 is 15.5 Å². The van der Waals surface area contributed by atoms with Gasteiger partial charge in [0.05, 0.1) is 11.8 Å². The van der Waals surface area contributed by atoms with Gasteiger partial charge >= 0.3 is 0 Å². The third kappa shape index (κ3) is 2.88. The summed E-state index contributed by atoms with van der Waals surface area (Å²) in [7, 11) is 0. The average Bonchev–Trinajstić information content (AvgIpc) is 3.28. The Balaban J connectivity index is 1.50. The van der Waals surface area contributed by atoms with Crippen LogP contribution in [0.1, 0.15) is 30.0 Å². The van der Waals surface area contributed by atoms with E-state index in [9.17, 15) is 9.59 Å². The van der Waals surface area contributed by atoms with Gasteiger partial charge in [-0.15, -0.1) is 0 Å². The Morgan fingerprint density at radius 1 is 1.33 bits per heavy atom. The lowest BCUT2D eigenvalue weighted by Crippen LogP contribution is -2.15. The van der Waals surface area contributed by atoms with Gasteiger partial charge in [-0.05, 0) is 30.5 Å². The molecule has 0 unspecified atom stereocenters. The van der Waals surface area contributed by atoms with Crippen LogP contribution in [0.25, 0.3) is 11.0 Å². The number of aromatic amines is 1. The molecule has 1 aliphatic carbocycles. The van der Waals surface area contributed by atoms with Crippen LogP contribution >= 0.6 is 0 Å². The Bertz CT molecular complexity index is 985. The van der Waals surface area contributed by atoms with Crippen molar-refractivity contribution in [3.05, 3.63) is 51.8 Å².